The van der Waals surface area contributed by atoms with Crippen LogP contribution < -0.4 is 5.32 Å². The van der Waals surface area contributed by atoms with E-state index in [4.69, 9.17) is 0 Å². The molecule has 0 radical (unpaired) electrons. The maximum Gasteiger partial charge on any atom is 0.288 e. The Morgan fingerprint density at radius 1 is 0.944 bits per heavy atom. The molecule has 0 spiro atoms. The maximum atomic E-state index is 12.1. The summed E-state index contributed by atoms with van der Waals surface area (Å²) in [7, 11) is 0. The first-order chi connectivity index (χ1) is 8.74. The van der Waals surface area contributed by atoms with E-state index in [2.05, 4.69) is 5.32 Å². The summed E-state index contributed by atoms with van der Waals surface area (Å²) in [6.45, 7) is 0.724. The third-order valence-corrected chi connectivity index (χ3v) is 3.14. The minimum Gasteiger partial charge on any atom is -0.381 e. The maximum absolute atomic E-state index is 12.1. The Hall–Kier alpha value is -1.55. The van der Waals surface area contributed by atoms with Gasteiger partial charge in [-0.3, -0.25) is 0 Å². The molecule has 0 heterocycles. The first-order valence-corrected chi connectivity index (χ1v) is 6.45. The van der Waals surface area contributed by atoms with E-state index >= 15 is 0 Å². The minimum absolute atomic E-state index is 0.560. The molecule has 0 aliphatic heterocycles. The summed E-state index contributed by atoms with van der Waals surface area (Å²) in [5, 5.41) is 3.24. The Balaban J connectivity index is 1.90. The van der Waals surface area contributed by atoms with Gasteiger partial charge in [0.1, 0.15) is 0 Å². The lowest BCUT2D eigenvalue weighted by Gasteiger charge is -2.07. The third kappa shape index (κ3) is 4.04. The summed E-state index contributed by atoms with van der Waals surface area (Å²) in [5.41, 5.74) is 2.11. The SMILES string of the molecule is FC(F)Sc1ccc(NCc2ccccc2)cc1. The number of hydrogen-bond donors (Lipinski definition) is 1. The van der Waals surface area contributed by atoms with Crippen LogP contribution in [0.5, 0.6) is 0 Å². The molecule has 0 saturated carbocycles. The highest BCUT2D eigenvalue weighted by Crippen LogP contribution is 2.26. The highest BCUT2D eigenvalue weighted by Gasteiger charge is 2.04. The van der Waals surface area contributed by atoms with Crippen LogP contribution in [-0.2, 0) is 6.54 Å². The predicted molar refractivity (Wildman–Crippen MR) is 72.1 cm³/mol. The van der Waals surface area contributed by atoms with Gasteiger partial charge in [0, 0.05) is 17.1 Å². The van der Waals surface area contributed by atoms with E-state index in [-0.39, 0.29) is 0 Å². The van der Waals surface area contributed by atoms with E-state index in [9.17, 15) is 8.78 Å². The fourth-order valence-corrected chi connectivity index (χ4v) is 2.05. The van der Waals surface area contributed by atoms with Crippen molar-refractivity contribution in [3.8, 4) is 0 Å². The van der Waals surface area contributed by atoms with Crippen LogP contribution in [-0.4, -0.2) is 5.76 Å². The molecule has 1 N–H and O–H groups in total. The predicted octanol–water partition coefficient (Wildman–Crippen LogP) is 4.61. The summed E-state index contributed by atoms with van der Waals surface area (Å²) in [4.78, 5) is 0.579. The van der Waals surface area contributed by atoms with E-state index in [1.54, 1.807) is 12.1 Å². The molecule has 0 bridgehead atoms. The van der Waals surface area contributed by atoms with Crippen molar-refractivity contribution in [1.29, 1.82) is 0 Å². The second-order valence-corrected chi connectivity index (χ2v) is 4.81. The normalized spacial score (nSPS) is 10.6. The first-order valence-electron chi connectivity index (χ1n) is 5.57. The summed E-state index contributed by atoms with van der Waals surface area (Å²) in [6, 6.07) is 17.0. The second kappa shape index (κ2) is 6.40. The molecular weight excluding hydrogens is 252 g/mol. The number of thioether (sulfide) groups is 1. The zero-order valence-corrected chi connectivity index (χ0v) is 10.5. The van der Waals surface area contributed by atoms with Crippen molar-refractivity contribution >= 4 is 17.4 Å². The number of hydrogen-bond acceptors (Lipinski definition) is 2. The van der Waals surface area contributed by atoms with Gasteiger partial charge in [0.25, 0.3) is 5.76 Å². The molecular formula is C14H13F2NS. The molecule has 0 aliphatic rings. The molecule has 0 aromatic heterocycles. The standard InChI is InChI=1S/C14H13F2NS/c15-14(16)18-13-8-6-12(7-9-13)17-10-11-4-2-1-3-5-11/h1-9,14,17H,10H2. The zero-order valence-electron chi connectivity index (χ0n) is 9.64. The van der Waals surface area contributed by atoms with Crippen LogP contribution in [0.2, 0.25) is 0 Å². The fourth-order valence-electron chi connectivity index (χ4n) is 1.55. The Morgan fingerprint density at radius 2 is 1.61 bits per heavy atom. The van der Waals surface area contributed by atoms with Gasteiger partial charge >= 0.3 is 0 Å². The average Bonchev–Trinajstić information content (AvgIpc) is 2.38. The summed E-state index contributed by atoms with van der Waals surface area (Å²) in [6.07, 6.45) is 0. The number of halogens is 2. The van der Waals surface area contributed by atoms with Crippen molar-refractivity contribution in [3.05, 3.63) is 60.2 Å². The van der Waals surface area contributed by atoms with Crippen LogP contribution >= 0.6 is 11.8 Å². The van der Waals surface area contributed by atoms with Crippen LogP contribution in [0, 0.1) is 0 Å². The molecule has 18 heavy (non-hydrogen) atoms. The smallest absolute Gasteiger partial charge is 0.288 e. The van der Waals surface area contributed by atoms with Crippen LogP contribution in [0.15, 0.2) is 59.5 Å². The van der Waals surface area contributed by atoms with Gasteiger partial charge in [0.2, 0.25) is 0 Å². The highest BCUT2D eigenvalue weighted by molar-refractivity contribution is 7.99. The highest BCUT2D eigenvalue weighted by atomic mass is 32.2. The van der Waals surface area contributed by atoms with Crippen LogP contribution in [0.4, 0.5) is 14.5 Å². The molecule has 0 fully saturated rings. The molecule has 2 aromatic carbocycles. The van der Waals surface area contributed by atoms with Gasteiger partial charge in [0.05, 0.1) is 0 Å². The van der Waals surface area contributed by atoms with Gasteiger partial charge in [-0.2, -0.15) is 8.78 Å². The van der Waals surface area contributed by atoms with Crippen LogP contribution in [0.25, 0.3) is 0 Å². The number of benzene rings is 2. The lowest BCUT2D eigenvalue weighted by Crippen LogP contribution is -1.98. The molecule has 0 amide bonds. The average molecular weight is 265 g/mol. The topological polar surface area (TPSA) is 12.0 Å². The Morgan fingerprint density at radius 3 is 2.22 bits per heavy atom. The Bertz CT molecular complexity index is 471. The fraction of sp³-hybridized carbons (Fsp3) is 0.143. The van der Waals surface area contributed by atoms with E-state index < -0.39 is 5.76 Å². The van der Waals surface area contributed by atoms with E-state index in [0.717, 1.165) is 12.2 Å². The van der Waals surface area contributed by atoms with E-state index in [0.29, 0.717) is 16.7 Å². The van der Waals surface area contributed by atoms with Crippen molar-refractivity contribution in [2.75, 3.05) is 5.32 Å². The molecule has 0 aliphatic carbocycles. The largest absolute Gasteiger partial charge is 0.381 e. The molecule has 2 aromatic rings. The monoisotopic (exact) mass is 265 g/mol. The van der Waals surface area contributed by atoms with Crippen molar-refractivity contribution in [3.63, 3.8) is 0 Å². The quantitative estimate of drug-likeness (QED) is 0.792. The molecule has 0 saturated heterocycles. The summed E-state index contributed by atoms with van der Waals surface area (Å²) < 4.78 is 24.3. The number of nitrogens with one attached hydrogen (secondary N) is 1. The number of alkyl halides is 2. The number of rotatable bonds is 5. The molecule has 4 heteroatoms. The van der Waals surface area contributed by atoms with Gasteiger partial charge in [-0.05, 0) is 29.8 Å². The van der Waals surface area contributed by atoms with E-state index in [1.807, 2.05) is 42.5 Å². The number of anilines is 1. The first kappa shape index (κ1) is 12.9. The van der Waals surface area contributed by atoms with Crippen molar-refractivity contribution in [1.82, 2.24) is 0 Å². The minimum atomic E-state index is -2.37. The second-order valence-electron chi connectivity index (χ2n) is 3.74. The lowest BCUT2D eigenvalue weighted by molar-refractivity contribution is 0.252. The summed E-state index contributed by atoms with van der Waals surface area (Å²) in [5.74, 6) is -2.37. The molecule has 0 unspecified atom stereocenters. The molecule has 0 atom stereocenters. The molecule has 1 nitrogen and oxygen atoms in total. The van der Waals surface area contributed by atoms with Crippen LogP contribution in [0.1, 0.15) is 5.56 Å². The van der Waals surface area contributed by atoms with Gasteiger partial charge in [-0.1, -0.05) is 42.1 Å². The van der Waals surface area contributed by atoms with Crippen molar-refractivity contribution in [2.45, 2.75) is 17.2 Å². The van der Waals surface area contributed by atoms with Crippen molar-refractivity contribution < 1.29 is 8.78 Å². The lowest BCUT2D eigenvalue weighted by atomic mass is 10.2. The Kier molecular flexibility index (Phi) is 4.59. The Labute approximate surface area is 109 Å². The van der Waals surface area contributed by atoms with E-state index in [1.165, 1.54) is 5.56 Å². The van der Waals surface area contributed by atoms with Gasteiger partial charge in [-0.15, -0.1) is 0 Å². The van der Waals surface area contributed by atoms with Crippen molar-refractivity contribution in [2.24, 2.45) is 0 Å². The van der Waals surface area contributed by atoms with Crippen LogP contribution in [0.3, 0.4) is 0 Å². The van der Waals surface area contributed by atoms with Gasteiger partial charge < -0.3 is 5.32 Å². The third-order valence-electron chi connectivity index (χ3n) is 2.42. The van der Waals surface area contributed by atoms with Gasteiger partial charge in [0.15, 0.2) is 0 Å². The molecule has 2 rings (SSSR count). The molecule has 94 valence electrons. The zero-order chi connectivity index (χ0) is 12.8. The summed E-state index contributed by atoms with van der Waals surface area (Å²) >= 11 is 0.560. The van der Waals surface area contributed by atoms with Gasteiger partial charge in [-0.25, -0.2) is 0 Å².